The first-order valence-electron chi connectivity index (χ1n) is 21.0. The Bertz CT molecular complexity index is 2130. The van der Waals surface area contributed by atoms with Gasteiger partial charge in [0, 0.05) is 18.8 Å². The number of carbonyl (C=O) groups is 6. The third-order valence-corrected chi connectivity index (χ3v) is 12.9. The van der Waals surface area contributed by atoms with Crippen molar-refractivity contribution < 1.29 is 52.2 Å². The maximum atomic E-state index is 14.0. The molecule has 0 aromatic heterocycles. The lowest BCUT2D eigenvalue weighted by molar-refractivity contribution is -0.253. The highest BCUT2D eigenvalue weighted by Crippen LogP contribution is 2.50. The van der Waals surface area contributed by atoms with Crippen LogP contribution in [0.4, 0.5) is 28.4 Å². The largest absolute Gasteiger partial charge is 0.530 e. The Morgan fingerprint density at radius 1 is 0.667 bits per heavy atom. The molecule has 3 fully saturated rings. The fraction of sp³-hybridized carbons (Fsp3) is 0.467. The van der Waals surface area contributed by atoms with Crippen molar-refractivity contribution in [2.24, 2.45) is 23.3 Å². The zero-order chi connectivity index (χ0) is 46.2. The molecule has 63 heavy (non-hydrogen) atoms. The number of carbonyl (C=O) groups excluding carboxylic acids is 6. The molecule has 3 aromatic carbocycles. The van der Waals surface area contributed by atoms with Gasteiger partial charge in [-0.1, -0.05) is 76.2 Å². The average Bonchev–Trinajstić information content (AvgIpc) is 4.00. The number of nitrogens with one attached hydrogen (secondary N) is 2. The second-order valence-corrected chi connectivity index (χ2v) is 17.3. The Morgan fingerprint density at radius 2 is 1.06 bits per heavy atom. The Kier molecular flexibility index (Phi) is 13.1. The Hall–Kier alpha value is -6.33. The van der Waals surface area contributed by atoms with Crippen LogP contribution in [-0.2, 0) is 36.4 Å². The summed E-state index contributed by atoms with van der Waals surface area (Å²) in [6.45, 7) is 6.84. The van der Waals surface area contributed by atoms with Gasteiger partial charge in [-0.3, -0.25) is 19.2 Å². The van der Waals surface area contributed by atoms with Crippen LogP contribution < -0.4 is 37.2 Å². The molecule has 6 amide bonds. The first kappa shape index (κ1) is 46.2. The van der Waals surface area contributed by atoms with E-state index in [1.807, 2.05) is 17.0 Å². The molecule has 3 aromatic rings. The fourth-order valence-electron chi connectivity index (χ4n) is 9.90. The Balaban J connectivity index is 1.44. The molecule has 3 aliphatic heterocycles. The average molecular weight is 876 g/mol. The van der Waals surface area contributed by atoms with Crippen LogP contribution in [0.1, 0.15) is 106 Å². The van der Waals surface area contributed by atoms with Crippen LogP contribution in [-0.4, -0.2) is 70.8 Å². The van der Waals surface area contributed by atoms with E-state index in [-0.39, 0.29) is 25.9 Å². The van der Waals surface area contributed by atoms with Gasteiger partial charge >= 0.3 is 6.18 Å². The minimum Gasteiger partial charge on any atom is -0.530 e. The monoisotopic (exact) mass is 875 g/mol. The Labute approximate surface area is 362 Å². The summed E-state index contributed by atoms with van der Waals surface area (Å²) in [5.74, 6) is -3.93. The molecule has 0 unspecified atom stereocenters. The van der Waals surface area contributed by atoms with Crippen LogP contribution in [0, 0.1) is 11.8 Å². The van der Waals surface area contributed by atoms with E-state index in [4.69, 9.17) is 11.5 Å². The lowest BCUT2D eigenvalue weighted by atomic mass is 9.83. The van der Waals surface area contributed by atoms with Crippen molar-refractivity contribution in [3.63, 3.8) is 0 Å². The quantitative estimate of drug-likeness (QED) is 0.197. The number of likely N-dealkylation sites (tertiary alicyclic amines) is 2. The molecule has 3 heterocycles. The van der Waals surface area contributed by atoms with Gasteiger partial charge in [-0.05, 0) is 96.9 Å². The molecule has 6 rings (SSSR count). The van der Waals surface area contributed by atoms with Crippen molar-refractivity contribution >= 4 is 41.5 Å². The van der Waals surface area contributed by atoms with Crippen molar-refractivity contribution in [2.75, 3.05) is 18.0 Å². The van der Waals surface area contributed by atoms with Crippen molar-refractivity contribution in [2.45, 2.75) is 108 Å². The number of hydrogen-bond acceptors (Lipinski definition) is 9. The van der Waals surface area contributed by atoms with Gasteiger partial charge in [-0.15, -0.1) is 0 Å². The Morgan fingerprint density at radius 3 is 1.40 bits per heavy atom. The highest BCUT2D eigenvalue weighted by Gasteiger charge is 2.53. The van der Waals surface area contributed by atoms with E-state index < -0.39 is 94.6 Å². The highest BCUT2D eigenvalue weighted by molar-refractivity contribution is 5.96. The molecule has 0 radical (unpaired) electrons. The first-order valence-corrected chi connectivity index (χ1v) is 21.0. The van der Waals surface area contributed by atoms with E-state index in [2.05, 4.69) is 10.6 Å². The topological polar surface area (TPSA) is 234 Å². The van der Waals surface area contributed by atoms with Crippen LogP contribution in [0.5, 0.6) is 0 Å². The number of halogens is 3. The number of benzene rings is 3. The van der Waals surface area contributed by atoms with Gasteiger partial charge in [-0.25, -0.2) is 0 Å². The summed E-state index contributed by atoms with van der Waals surface area (Å²) < 4.78 is 41.5. The molecule has 3 saturated heterocycles. The number of alkyl halides is 3. The second kappa shape index (κ2) is 17.8. The van der Waals surface area contributed by atoms with E-state index in [0.29, 0.717) is 53.6 Å². The van der Waals surface area contributed by atoms with Crippen LogP contribution in [0.2, 0.25) is 0 Å². The minimum atomic E-state index is -4.61. The number of nitrogens with two attached hydrogens (primary N) is 2. The van der Waals surface area contributed by atoms with Crippen LogP contribution in [0.25, 0.3) is 0 Å². The number of anilines is 1. The normalized spacial score (nSPS) is 23.5. The summed E-state index contributed by atoms with van der Waals surface area (Å²) >= 11 is 0. The number of nitrogens with zero attached hydrogens (tertiary/aromatic N) is 3. The van der Waals surface area contributed by atoms with Crippen molar-refractivity contribution in [1.82, 2.24) is 20.4 Å². The van der Waals surface area contributed by atoms with Crippen LogP contribution in [0.3, 0.4) is 0 Å². The third-order valence-electron chi connectivity index (χ3n) is 12.9. The van der Waals surface area contributed by atoms with Gasteiger partial charge in [0.1, 0.15) is 35.3 Å². The van der Waals surface area contributed by atoms with Gasteiger partial charge < -0.3 is 56.6 Å². The predicted molar refractivity (Wildman–Crippen MR) is 219 cm³/mol. The van der Waals surface area contributed by atoms with E-state index >= 15 is 0 Å². The van der Waals surface area contributed by atoms with Crippen molar-refractivity contribution in [1.29, 1.82) is 0 Å². The highest BCUT2D eigenvalue weighted by atomic mass is 19.4. The maximum absolute atomic E-state index is 14.0. The molecular weight excluding hydrogens is 824 g/mol. The van der Waals surface area contributed by atoms with Crippen molar-refractivity contribution in [3.8, 4) is 0 Å². The van der Waals surface area contributed by atoms with Gasteiger partial charge in [0.25, 0.3) is 0 Å². The van der Waals surface area contributed by atoms with E-state index in [1.165, 1.54) is 21.9 Å². The van der Waals surface area contributed by atoms with Gasteiger partial charge in [0.2, 0.25) is 23.6 Å². The number of amides is 6. The first-order chi connectivity index (χ1) is 29.6. The second-order valence-electron chi connectivity index (χ2n) is 17.3. The standard InChI is InChI=1S/C45H54F3N7O8/c1-25(2)35(51-41(60)61)37(56)53-21-7-19-43(53,39(49)58)30-11-5-9-27(23-30)33-17-18-34(55(33)32-15-13-29(14-16-32)45(46,47)48)28-10-6-12-31(24-28)44(40(50)59)20-8-22-54(44)38(57)36(26(3)4)52-42(62)63/h5-6,9-16,23-26,33-36,51-52H,7-8,17-22H2,1-4H3,(H2,49,58)(H2,50,59)(H,60,61)(H,62,63)/p-2/t33-,34+,35-,36-,43-,44-/m0/s1. The maximum Gasteiger partial charge on any atom is 0.416 e. The summed E-state index contributed by atoms with van der Waals surface area (Å²) in [7, 11) is 0. The molecule has 18 heteroatoms. The molecule has 6 atom stereocenters. The fourth-order valence-corrected chi connectivity index (χ4v) is 9.90. The number of primary amides is 2. The summed E-state index contributed by atoms with van der Waals surface area (Å²) in [5.41, 5.74) is 10.6. The third kappa shape index (κ3) is 8.58. The molecule has 0 aliphatic carbocycles. The SMILES string of the molecule is CC(C)[C@H](NC(=O)[O-])C(=O)N1CCC[C@@]1(C(N)=O)c1cccc([C@H]2CC[C@@H](c3cccc([C@]4(C(N)=O)CCCN4C(=O)[C@@H](NC(=O)[O-])C(C)C)c3)N2c2ccc(C(F)(F)F)cc2)c1. The zero-order valence-electron chi connectivity index (χ0n) is 35.4. The van der Waals surface area contributed by atoms with E-state index in [9.17, 15) is 52.2 Å². The lowest BCUT2D eigenvalue weighted by Crippen LogP contribution is -2.60. The molecular formula is C45H52F3N7O8-2. The molecule has 15 nitrogen and oxygen atoms in total. The molecule has 0 bridgehead atoms. The summed E-state index contributed by atoms with van der Waals surface area (Å²) in [6.07, 6.45) is -5.94. The summed E-state index contributed by atoms with van der Waals surface area (Å²) in [6, 6.07) is 15.1. The minimum absolute atomic E-state index is 0.116. The number of carboxylic acid groups (broad SMARTS) is 2. The van der Waals surface area contributed by atoms with Crippen molar-refractivity contribution in [3.05, 3.63) is 101 Å². The molecule has 3 aliphatic rings. The molecule has 6 N–H and O–H groups in total. The summed E-state index contributed by atoms with van der Waals surface area (Å²) in [4.78, 5) is 83.0. The summed E-state index contributed by atoms with van der Waals surface area (Å²) in [5, 5.41) is 27.5. The van der Waals surface area contributed by atoms with Crippen LogP contribution in [0.15, 0.2) is 72.8 Å². The zero-order valence-corrected chi connectivity index (χ0v) is 35.4. The number of hydrogen-bond donors (Lipinski definition) is 4. The van der Waals surface area contributed by atoms with Gasteiger partial charge in [0.15, 0.2) is 0 Å². The smallest absolute Gasteiger partial charge is 0.416 e. The number of rotatable bonds is 13. The van der Waals surface area contributed by atoms with E-state index in [0.717, 1.165) is 12.1 Å². The molecule has 0 spiro atoms. The van der Waals surface area contributed by atoms with Gasteiger partial charge in [-0.2, -0.15) is 13.2 Å². The van der Waals surface area contributed by atoms with E-state index in [1.54, 1.807) is 64.1 Å². The predicted octanol–water partition coefficient (Wildman–Crippen LogP) is 3.31. The lowest BCUT2D eigenvalue weighted by Gasteiger charge is -2.40. The van der Waals surface area contributed by atoms with Gasteiger partial charge in [0.05, 0.1) is 17.6 Å². The van der Waals surface area contributed by atoms with Crippen LogP contribution >= 0.6 is 0 Å². The molecule has 338 valence electrons. The molecule has 0 saturated carbocycles.